The molecule has 2 rings (SSSR count). The number of nitrogens with two attached hydrogens (primary N) is 1. The molecule has 6 heteroatoms. The Kier molecular flexibility index (Phi) is 4.37. The van der Waals surface area contributed by atoms with Gasteiger partial charge in [-0.2, -0.15) is 4.98 Å². The zero-order chi connectivity index (χ0) is 15.6. The summed E-state index contributed by atoms with van der Waals surface area (Å²) in [5.41, 5.74) is 7.15. The van der Waals surface area contributed by atoms with Crippen LogP contribution in [0.2, 0.25) is 0 Å². The predicted molar refractivity (Wildman–Crippen MR) is 87.9 cm³/mol. The average Bonchev–Trinajstić information content (AvgIpc) is 2.78. The fourth-order valence-electron chi connectivity index (χ4n) is 1.76. The van der Waals surface area contributed by atoms with Crippen LogP contribution in [0.1, 0.15) is 44.4 Å². The van der Waals surface area contributed by atoms with E-state index in [1.54, 1.807) is 17.4 Å². The molecule has 3 N–H and O–H groups in total. The smallest absolute Gasteiger partial charge is 0.239 e. The van der Waals surface area contributed by atoms with Gasteiger partial charge in [-0.3, -0.25) is 0 Å². The molecule has 0 fully saturated rings. The molecule has 1 atom stereocenters. The van der Waals surface area contributed by atoms with E-state index in [9.17, 15) is 0 Å². The van der Waals surface area contributed by atoms with Crippen LogP contribution in [0.3, 0.4) is 0 Å². The third-order valence-corrected chi connectivity index (χ3v) is 3.81. The number of aromatic nitrogens is 2. The minimum absolute atomic E-state index is 0.0855. The molecule has 5 nitrogen and oxygen atoms in total. The molecule has 0 bridgehead atoms. The molecule has 0 aliphatic rings. The van der Waals surface area contributed by atoms with E-state index in [2.05, 4.69) is 22.2 Å². The van der Waals surface area contributed by atoms with E-state index in [-0.39, 0.29) is 11.6 Å². The summed E-state index contributed by atoms with van der Waals surface area (Å²) in [6.45, 7) is 9.95. The van der Waals surface area contributed by atoms with E-state index in [1.807, 2.05) is 39.1 Å². The van der Waals surface area contributed by atoms with Gasteiger partial charge in [0.2, 0.25) is 5.88 Å². The van der Waals surface area contributed by atoms with Crippen LogP contribution in [0.15, 0.2) is 17.5 Å². The number of thiazole rings is 1. The average molecular weight is 306 g/mol. The SMILES string of the molecule is Cc1csc(C(C)Nc2ccc(N)c(OC(C)(C)C)n2)n1. The summed E-state index contributed by atoms with van der Waals surface area (Å²) >= 11 is 1.64. The first kappa shape index (κ1) is 15.6. The van der Waals surface area contributed by atoms with Gasteiger partial charge in [-0.1, -0.05) is 0 Å². The molecule has 2 aromatic rings. The molecular formula is C15H22N4OS. The molecule has 2 aromatic heterocycles. The van der Waals surface area contributed by atoms with Crippen LogP contribution in [0.4, 0.5) is 11.5 Å². The second kappa shape index (κ2) is 5.89. The third kappa shape index (κ3) is 4.32. The van der Waals surface area contributed by atoms with Crippen LogP contribution >= 0.6 is 11.3 Å². The summed E-state index contributed by atoms with van der Waals surface area (Å²) in [7, 11) is 0. The number of hydrogen-bond donors (Lipinski definition) is 2. The monoisotopic (exact) mass is 306 g/mol. The van der Waals surface area contributed by atoms with E-state index in [0.717, 1.165) is 16.5 Å². The second-order valence-corrected chi connectivity index (χ2v) is 6.89. The summed E-state index contributed by atoms with van der Waals surface area (Å²) in [6, 6.07) is 3.74. The van der Waals surface area contributed by atoms with Crippen molar-refractivity contribution in [2.75, 3.05) is 11.1 Å². The molecule has 0 saturated heterocycles. The molecule has 0 saturated carbocycles. The van der Waals surface area contributed by atoms with Gasteiger partial charge < -0.3 is 15.8 Å². The summed E-state index contributed by atoms with van der Waals surface area (Å²) < 4.78 is 5.78. The topological polar surface area (TPSA) is 73.1 Å². The highest BCUT2D eigenvalue weighted by Crippen LogP contribution is 2.27. The zero-order valence-electron chi connectivity index (χ0n) is 13.1. The summed E-state index contributed by atoms with van der Waals surface area (Å²) in [6.07, 6.45) is 0. The van der Waals surface area contributed by atoms with Crippen molar-refractivity contribution >= 4 is 22.8 Å². The number of nitrogen functional groups attached to an aromatic ring is 1. The fourth-order valence-corrected chi connectivity index (χ4v) is 2.56. The Morgan fingerprint density at radius 3 is 2.57 bits per heavy atom. The van der Waals surface area contributed by atoms with Crippen molar-refractivity contribution < 1.29 is 4.74 Å². The van der Waals surface area contributed by atoms with Crippen molar-refractivity contribution in [2.24, 2.45) is 0 Å². The van der Waals surface area contributed by atoms with Crippen molar-refractivity contribution in [3.05, 3.63) is 28.2 Å². The highest BCUT2D eigenvalue weighted by atomic mass is 32.1. The van der Waals surface area contributed by atoms with Crippen molar-refractivity contribution in [1.29, 1.82) is 0 Å². The molecule has 21 heavy (non-hydrogen) atoms. The Morgan fingerprint density at radius 2 is 2.00 bits per heavy atom. The van der Waals surface area contributed by atoms with E-state index in [1.165, 1.54) is 0 Å². The van der Waals surface area contributed by atoms with Gasteiger partial charge in [0.15, 0.2) is 0 Å². The maximum Gasteiger partial charge on any atom is 0.239 e. The molecule has 114 valence electrons. The Morgan fingerprint density at radius 1 is 1.29 bits per heavy atom. The van der Waals surface area contributed by atoms with Crippen LogP contribution in [0.5, 0.6) is 5.88 Å². The van der Waals surface area contributed by atoms with Gasteiger partial charge in [0.1, 0.15) is 16.4 Å². The third-order valence-electron chi connectivity index (χ3n) is 2.66. The van der Waals surface area contributed by atoms with Gasteiger partial charge >= 0.3 is 0 Å². The van der Waals surface area contributed by atoms with E-state index < -0.39 is 0 Å². The molecular weight excluding hydrogens is 284 g/mol. The van der Waals surface area contributed by atoms with Gasteiger partial charge in [-0.05, 0) is 46.8 Å². The van der Waals surface area contributed by atoms with Crippen LogP contribution in [0, 0.1) is 6.92 Å². The molecule has 2 heterocycles. The fraction of sp³-hybridized carbons (Fsp3) is 0.467. The largest absolute Gasteiger partial charge is 0.470 e. The number of hydrogen-bond acceptors (Lipinski definition) is 6. The van der Waals surface area contributed by atoms with E-state index >= 15 is 0 Å². The summed E-state index contributed by atoms with van der Waals surface area (Å²) in [5.74, 6) is 1.18. The quantitative estimate of drug-likeness (QED) is 0.899. The molecule has 0 aromatic carbocycles. The first-order chi connectivity index (χ1) is 9.74. The van der Waals surface area contributed by atoms with Crippen LogP contribution in [0.25, 0.3) is 0 Å². The van der Waals surface area contributed by atoms with E-state index in [0.29, 0.717) is 11.6 Å². The van der Waals surface area contributed by atoms with Crippen molar-refractivity contribution in [3.8, 4) is 5.88 Å². The molecule has 1 unspecified atom stereocenters. The Balaban J connectivity index is 2.15. The highest BCUT2D eigenvalue weighted by Gasteiger charge is 2.16. The zero-order valence-corrected chi connectivity index (χ0v) is 13.9. The van der Waals surface area contributed by atoms with Gasteiger partial charge in [0.25, 0.3) is 0 Å². The predicted octanol–water partition coefficient (Wildman–Crippen LogP) is 3.78. The normalized spacial score (nSPS) is 13.0. The van der Waals surface area contributed by atoms with Gasteiger partial charge in [-0.15, -0.1) is 11.3 Å². The Bertz CT molecular complexity index is 618. The van der Waals surface area contributed by atoms with Gasteiger partial charge in [0.05, 0.1) is 11.7 Å². The lowest BCUT2D eigenvalue weighted by molar-refractivity contribution is 0.125. The summed E-state index contributed by atoms with van der Waals surface area (Å²) in [4.78, 5) is 8.93. The number of ether oxygens (including phenoxy) is 1. The van der Waals surface area contributed by atoms with Crippen LogP contribution in [-0.4, -0.2) is 15.6 Å². The maximum absolute atomic E-state index is 5.92. The second-order valence-electron chi connectivity index (χ2n) is 6.00. The number of pyridine rings is 1. The molecule has 0 aliphatic carbocycles. The number of nitrogens with zero attached hydrogens (tertiary/aromatic N) is 2. The Labute approximate surface area is 129 Å². The number of aryl methyl sites for hydroxylation is 1. The highest BCUT2D eigenvalue weighted by molar-refractivity contribution is 7.09. The van der Waals surface area contributed by atoms with Crippen molar-refractivity contribution in [1.82, 2.24) is 9.97 Å². The Hall–Kier alpha value is -1.82. The molecule has 0 aliphatic heterocycles. The standard InChI is InChI=1S/C15H22N4OS/c1-9-8-21-14(17-9)10(2)18-12-7-6-11(16)13(19-12)20-15(3,4)5/h6-8,10H,16H2,1-5H3,(H,18,19). The number of rotatable bonds is 4. The molecule has 0 amide bonds. The van der Waals surface area contributed by atoms with E-state index in [4.69, 9.17) is 10.5 Å². The molecule has 0 radical (unpaired) electrons. The molecule has 0 spiro atoms. The van der Waals surface area contributed by atoms with Gasteiger partial charge in [-0.25, -0.2) is 4.98 Å². The first-order valence-corrected chi connectivity index (χ1v) is 7.76. The minimum atomic E-state index is -0.336. The number of anilines is 2. The lowest BCUT2D eigenvalue weighted by atomic mass is 10.2. The lowest BCUT2D eigenvalue weighted by Crippen LogP contribution is -2.24. The van der Waals surface area contributed by atoms with Crippen molar-refractivity contribution in [3.63, 3.8) is 0 Å². The lowest BCUT2D eigenvalue weighted by Gasteiger charge is -2.22. The van der Waals surface area contributed by atoms with Crippen molar-refractivity contribution in [2.45, 2.75) is 46.3 Å². The summed E-state index contributed by atoms with van der Waals surface area (Å²) in [5, 5.41) is 6.40. The van der Waals surface area contributed by atoms with Crippen LogP contribution in [-0.2, 0) is 0 Å². The van der Waals surface area contributed by atoms with Gasteiger partial charge in [0, 0.05) is 11.1 Å². The minimum Gasteiger partial charge on any atom is -0.470 e. The number of nitrogens with one attached hydrogen (secondary N) is 1. The first-order valence-electron chi connectivity index (χ1n) is 6.89. The maximum atomic E-state index is 5.92. The van der Waals surface area contributed by atoms with Crippen LogP contribution < -0.4 is 15.8 Å².